The van der Waals surface area contributed by atoms with Gasteiger partial charge in [-0.15, -0.1) is 0 Å². The molecule has 0 aromatic heterocycles. The van der Waals surface area contributed by atoms with E-state index in [0.717, 1.165) is 27.8 Å². The maximum Gasteiger partial charge on any atom is 0.303 e. The number of carboxylic acid groups (broad SMARTS) is 1. The van der Waals surface area contributed by atoms with E-state index in [9.17, 15) is 19.2 Å². The van der Waals surface area contributed by atoms with Crippen LogP contribution < -0.4 is 11.1 Å². The van der Waals surface area contributed by atoms with E-state index in [1.54, 1.807) is 0 Å². The summed E-state index contributed by atoms with van der Waals surface area (Å²) in [5, 5.41) is 11.8. The van der Waals surface area contributed by atoms with E-state index in [2.05, 4.69) is 41.7 Å². The number of Topliss-reactive ketones (excluding diaryl/α,β-unsaturated/α-hetero) is 1. The molecule has 3 aromatic carbocycles. The van der Waals surface area contributed by atoms with Gasteiger partial charge >= 0.3 is 5.97 Å². The molecule has 0 aliphatic carbocycles. The third-order valence-corrected chi connectivity index (χ3v) is 6.90. The summed E-state index contributed by atoms with van der Waals surface area (Å²) < 4.78 is 0. The minimum atomic E-state index is -1.06. The van der Waals surface area contributed by atoms with Crippen molar-refractivity contribution in [3.8, 4) is 22.3 Å². The molecule has 0 fully saturated rings. The highest BCUT2D eigenvalue weighted by Gasteiger charge is 2.27. The minimum Gasteiger partial charge on any atom is -0.481 e. The molecule has 3 rings (SSSR count). The Bertz CT molecular complexity index is 1280. The highest BCUT2D eigenvalue weighted by molar-refractivity contribution is 5.92. The Balaban J connectivity index is 1.57. The van der Waals surface area contributed by atoms with E-state index in [1.807, 2.05) is 56.3 Å². The largest absolute Gasteiger partial charge is 0.481 e. The van der Waals surface area contributed by atoms with Crippen LogP contribution in [0.25, 0.3) is 22.3 Å². The van der Waals surface area contributed by atoms with Crippen LogP contribution in [-0.2, 0) is 25.6 Å². The SMILES string of the molecule is CC(C)CC(CC(=O)[C@H](CCC(=O)O)NC(=O)CCc1ccc(-c2ccc(-c3ccccc3)cc2)cc1)C(N)=O. The van der Waals surface area contributed by atoms with Gasteiger partial charge in [-0.3, -0.25) is 19.2 Å². The summed E-state index contributed by atoms with van der Waals surface area (Å²) in [6.07, 6.45) is 0.643. The molecule has 7 nitrogen and oxygen atoms in total. The van der Waals surface area contributed by atoms with Gasteiger partial charge in [0, 0.05) is 25.2 Å². The number of nitrogens with one attached hydrogen (secondary N) is 1. The molecule has 0 heterocycles. The number of amides is 2. The standard InChI is InChI=1S/C33H38N2O5/c1-22(2)20-28(33(34)40)21-30(36)29(17-19-32(38)39)35-31(37)18-10-23-8-11-25(12-9-23)27-15-13-26(14-16-27)24-6-4-3-5-7-24/h3-9,11-16,22,28-29H,10,17-21H2,1-2H3,(H2,34,40)(H,35,37)(H,38,39)/t28?,29-/m0/s1. The average Bonchev–Trinajstić information content (AvgIpc) is 2.94. The monoisotopic (exact) mass is 542 g/mol. The highest BCUT2D eigenvalue weighted by atomic mass is 16.4. The second kappa shape index (κ2) is 14.8. The van der Waals surface area contributed by atoms with Crippen LogP contribution in [0.5, 0.6) is 0 Å². The fourth-order valence-electron chi connectivity index (χ4n) is 4.71. The summed E-state index contributed by atoms with van der Waals surface area (Å²) in [4.78, 5) is 48.6. The first-order valence-electron chi connectivity index (χ1n) is 13.7. The predicted molar refractivity (Wildman–Crippen MR) is 156 cm³/mol. The summed E-state index contributed by atoms with van der Waals surface area (Å²) >= 11 is 0. The van der Waals surface area contributed by atoms with Crippen molar-refractivity contribution in [1.82, 2.24) is 5.32 Å². The Morgan fingerprint density at radius 1 is 0.775 bits per heavy atom. The van der Waals surface area contributed by atoms with E-state index < -0.39 is 23.8 Å². The summed E-state index contributed by atoms with van der Waals surface area (Å²) in [6.45, 7) is 3.86. The van der Waals surface area contributed by atoms with Gasteiger partial charge in [-0.2, -0.15) is 0 Å². The smallest absolute Gasteiger partial charge is 0.303 e. The van der Waals surface area contributed by atoms with Gasteiger partial charge < -0.3 is 16.2 Å². The van der Waals surface area contributed by atoms with Crippen LogP contribution in [0.1, 0.15) is 51.5 Å². The molecular formula is C33H38N2O5. The van der Waals surface area contributed by atoms with E-state index in [1.165, 1.54) is 0 Å². The fraction of sp³-hybridized carbons (Fsp3) is 0.333. The van der Waals surface area contributed by atoms with Gasteiger partial charge in [0.2, 0.25) is 11.8 Å². The predicted octanol–water partition coefficient (Wildman–Crippen LogP) is 5.41. The van der Waals surface area contributed by atoms with Gasteiger partial charge in [-0.25, -0.2) is 0 Å². The van der Waals surface area contributed by atoms with E-state index >= 15 is 0 Å². The van der Waals surface area contributed by atoms with Crippen molar-refractivity contribution in [2.24, 2.45) is 17.6 Å². The molecule has 40 heavy (non-hydrogen) atoms. The number of rotatable bonds is 15. The minimum absolute atomic E-state index is 0.0369. The molecular weight excluding hydrogens is 504 g/mol. The molecule has 4 N–H and O–H groups in total. The summed E-state index contributed by atoms with van der Waals surface area (Å²) in [5.41, 5.74) is 10.9. The zero-order valence-electron chi connectivity index (χ0n) is 23.1. The molecule has 0 aliphatic heterocycles. The maximum absolute atomic E-state index is 12.9. The van der Waals surface area contributed by atoms with Crippen molar-refractivity contribution in [2.45, 2.75) is 58.4 Å². The van der Waals surface area contributed by atoms with E-state index in [0.29, 0.717) is 12.8 Å². The van der Waals surface area contributed by atoms with Crippen LogP contribution in [0.3, 0.4) is 0 Å². The number of hydrogen-bond donors (Lipinski definition) is 3. The van der Waals surface area contributed by atoms with Crippen molar-refractivity contribution in [1.29, 1.82) is 0 Å². The van der Waals surface area contributed by atoms with Crippen molar-refractivity contribution < 1.29 is 24.3 Å². The molecule has 0 saturated carbocycles. The van der Waals surface area contributed by atoms with Gasteiger partial charge in [0.1, 0.15) is 0 Å². The van der Waals surface area contributed by atoms with Crippen LogP contribution in [0, 0.1) is 11.8 Å². The number of ketones is 1. The quantitative estimate of drug-likeness (QED) is 0.237. The second-order valence-electron chi connectivity index (χ2n) is 10.6. The molecule has 210 valence electrons. The number of carboxylic acids is 1. The van der Waals surface area contributed by atoms with Gasteiger partial charge in [0.05, 0.1) is 6.04 Å². The van der Waals surface area contributed by atoms with E-state index in [-0.39, 0.29) is 43.3 Å². The number of aliphatic carboxylic acids is 1. The molecule has 0 aliphatic rings. The van der Waals surface area contributed by atoms with Gasteiger partial charge in [-0.05, 0) is 53.0 Å². The topological polar surface area (TPSA) is 127 Å². The lowest BCUT2D eigenvalue weighted by atomic mass is 9.89. The number of nitrogens with two attached hydrogens (primary N) is 1. The van der Waals surface area contributed by atoms with Crippen LogP contribution in [0.2, 0.25) is 0 Å². The lowest BCUT2D eigenvalue weighted by molar-refractivity contribution is -0.138. The number of carbonyl (C=O) groups is 4. The molecule has 0 radical (unpaired) electrons. The second-order valence-corrected chi connectivity index (χ2v) is 10.6. The van der Waals surface area contributed by atoms with Gasteiger partial charge in [0.25, 0.3) is 0 Å². The summed E-state index contributed by atoms with van der Waals surface area (Å²) in [7, 11) is 0. The molecule has 1 unspecified atom stereocenters. The first kappa shape index (κ1) is 30.3. The Hall–Kier alpha value is -4.26. The lowest BCUT2D eigenvalue weighted by Gasteiger charge is -2.21. The van der Waals surface area contributed by atoms with Crippen LogP contribution in [-0.4, -0.2) is 34.7 Å². The van der Waals surface area contributed by atoms with Crippen molar-refractivity contribution >= 4 is 23.6 Å². The van der Waals surface area contributed by atoms with E-state index in [4.69, 9.17) is 10.8 Å². The molecule has 3 aromatic rings. The van der Waals surface area contributed by atoms with Gasteiger partial charge in [0.15, 0.2) is 5.78 Å². The van der Waals surface area contributed by atoms with Crippen molar-refractivity contribution in [2.75, 3.05) is 0 Å². The van der Waals surface area contributed by atoms with Crippen molar-refractivity contribution in [3.05, 3.63) is 84.4 Å². The Morgan fingerprint density at radius 2 is 1.30 bits per heavy atom. The highest BCUT2D eigenvalue weighted by Crippen LogP contribution is 2.25. The first-order valence-corrected chi connectivity index (χ1v) is 13.7. The zero-order valence-corrected chi connectivity index (χ0v) is 23.1. The van der Waals surface area contributed by atoms with Crippen LogP contribution in [0.4, 0.5) is 0 Å². The molecule has 2 atom stereocenters. The number of hydrogen-bond acceptors (Lipinski definition) is 4. The molecule has 7 heteroatoms. The molecule has 0 bridgehead atoms. The van der Waals surface area contributed by atoms with Crippen LogP contribution >= 0.6 is 0 Å². The molecule has 0 saturated heterocycles. The lowest BCUT2D eigenvalue weighted by Crippen LogP contribution is -2.43. The Labute approximate surface area is 235 Å². The number of carbonyl (C=O) groups excluding carboxylic acids is 3. The summed E-state index contributed by atoms with van der Waals surface area (Å²) in [5.74, 6) is -2.83. The first-order chi connectivity index (χ1) is 19.1. The zero-order chi connectivity index (χ0) is 29.1. The maximum atomic E-state index is 12.9. The molecule has 0 spiro atoms. The number of benzene rings is 3. The van der Waals surface area contributed by atoms with Gasteiger partial charge in [-0.1, -0.05) is 92.7 Å². The normalized spacial score (nSPS) is 12.5. The number of primary amides is 1. The van der Waals surface area contributed by atoms with Crippen molar-refractivity contribution in [3.63, 3.8) is 0 Å². The third kappa shape index (κ3) is 9.49. The number of aryl methyl sites for hydroxylation is 1. The summed E-state index contributed by atoms with van der Waals surface area (Å²) in [6, 6.07) is 25.6. The van der Waals surface area contributed by atoms with Crippen LogP contribution in [0.15, 0.2) is 78.9 Å². The fourth-order valence-corrected chi connectivity index (χ4v) is 4.71. The average molecular weight is 543 g/mol. The molecule has 2 amide bonds. The third-order valence-electron chi connectivity index (χ3n) is 6.90. The Kier molecular flexibility index (Phi) is 11.2. The Morgan fingerprint density at radius 3 is 1.80 bits per heavy atom.